The van der Waals surface area contributed by atoms with Crippen molar-refractivity contribution in [3.05, 3.63) is 54.5 Å². The maximum atomic E-state index is 13.2. The van der Waals surface area contributed by atoms with Crippen molar-refractivity contribution in [2.75, 3.05) is 11.1 Å². The third kappa shape index (κ3) is 2.82. The van der Waals surface area contributed by atoms with E-state index in [0.29, 0.717) is 40.3 Å². The molecule has 0 saturated heterocycles. The molecule has 2 heterocycles. The molecule has 3 aromatic rings. The maximum absolute atomic E-state index is 13.2. The van der Waals surface area contributed by atoms with Gasteiger partial charge in [-0.3, -0.25) is 4.98 Å². The molecule has 2 aromatic heterocycles. The van der Waals surface area contributed by atoms with Crippen LogP contribution in [0.2, 0.25) is 0 Å². The fraction of sp³-hybridized carbons (Fsp3) is 0.158. The highest BCUT2D eigenvalue weighted by atomic mass is 19.1. The second-order valence-corrected chi connectivity index (χ2v) is 6.27. The number of anilines is 2. The zero-order chi connectivity index (χ0) is 18.3. The number of allylic oxidation sites excluding steroid dienone is 1. The molecule has 0 aliphatic heterocycles. The van der Waals surface area contributed by atoms with Crippen LogP contribution in [0.5, 0.6) is 0 Å². The summed E-state index contributed by atoms with van der Waals surface area (Å²) in [6.45, 7) is 3.86. The van der Waals surface area contributed by atoms with E-state index in [1.165, 1.54) is 0 Å². The van der Waals surface area contributed by atoms with Gasteiger partial charge in [-0.15, -0.1) is 10.2 Å². The molecule has 6 nitrogen and oxygen atoms in total. The van der Waals surface area contributed by atoms with E-state index in [4.69, 9.17) is 5.73 Å². The molecule has 3 N–H and O–H groups in total. The molecule has 1 saturated carbocycles. The van der Waals surface area contributed by atoms with Crippen LogP contribution in [0.4, 0.5) is 15.9 Å². The van der Waals surface area contributed by atoms with Crippen LogP contribution in [-0.4, -0.2) is 21.4 Å². The number of nitrogens with two attached hydrogens (primary N) is 1. The lowest BCUT2D eigenvalue weighted by molar-refractivity contribution is 0.459. The van der Waals surface area contributed by atoms with E-state index >= 15 is 0 Å². The van der Waals surface area contributed by atoms with Crippen molar-refractivity contribution in [2.24, 2.45) is 5.92 Å². The summed E-state index contributed by atoms with van der Waals surface area (Å²) in [5.41, 5.74) is 9.69. The molecule has 26 heavy (non-hydrogen) atoms. The molecule has 1 aliphatic rings. The Bertz CT molecular complexity index is 1070. The number of nitrogens with zero attached hydrogens (tertiary/aromatic N) is 4. The number of hydrogen-bond acceptors (Lipinski definition) is 6. The van der Waals surface area contributed by atoms with E-state index in [2.05, 4.69) is 33.1 Å². The Balaban J connectivity index is 1.75. The monoisotopic (exact) mass is 346 g/mol. The van der Waals surface area contributed by atoms with Crippen LogP contribution < -0.4 is 11.1 Å². The molecule has 0 bridgehead atoms. The number of alkyl halides is 1. The number of rotatable bonds is 4. The fourth-order valence-corrected chi connectivity index (χ4v) is 2.91. The maximum Gasteiger partial charge on any atom is 0.153 e. The minimum atomic E-state index is -0.833. The van der Waals surface area contributed by atoms with E-state index in [9.17, 15) is 9.65 Å². The molecule has 0 spiro atoms. The third-order valence-electron chi connectivity index (χ3n) is 4.42. The Morgan fingerprint density at radius 2 is 2.15 bits per heavy atom. The Kier molecular flexibility index (Phi) is 3.73. The Labute approximate surface area is 149 Å². The van der Waals surface area contributed by atoms with E-state index in [1.807, 2.05) is 6.07 Å². The summed E-state index contributed by atoms with van der Waals surface area (Å²) in [5.74, 6) is 0.308. The number of hydrogen-bond donors (Lipinski definition) is 2. The molecule has 2 unspecified atom stereocenters. The smallest absolute Gasteiger partial charge is 0.153 e. The SMILES string of the molecule is C=C(Nc1cc2cc(-c3cnccc3C#N)cc(N)c2nn1)C1CC1F. The number of nitrogens with one attached hydrogen (secondary N) is 1. The molecule has 4 rings (SSSR count). The van der Waals surface area contributed by atoms with Crippen LogP contribution in [0.1, 0.15) is 12.0 Å². The van der Waals surface area contributed by atoms with Gasteiger partial charge < -0.3 is 11.1 Å². The minimum absolute atomic E-state index is 0.169. The highest BCUT2D eigenvalue weighted by molar-refractivity contribution is 5.95. The summed E-state index contributed by atoms with van der Waals surface area (Å²) in [5, 5.41) is 21.3. The van der Waals surface area contributed by atoms with Crippen LogP contribution in [0.25, 0.3) is 22.0 Å². The van der Waals surface area contributed by atoms with Gasteiger partial charge in [0, 0.05) is 35.0 Å². The molecule has 0 amide bonds. The average Bonchev–Trinajstić information content (AvgIpc) is 3.38. The van der Waals surface area contributed by atoms with Gasteiger partial charge in [0.15, 0.2) is 5.82 Å². The second kappa shape index (κ2) is 6.08. The standard InChI is InChI=1S/C19H15FN6/c1-10(14-7-16(14)20)24-18-6-13-4-12(5-17(22)19(13)26-25-18)15-9-23-3-2-11(15)8-21/h2-6,9,14,16H,1,7,22H2,(H,24,25). The number of benzene rings is 1. The number of halogens is 1. The fourth-order valence-electron chi connectivity index (χ4n) is 2.91. The van der Waals surface area contributed by atoms with Gasteiger partial charge in [0.05, 0.1) is 17.3 Å². The van der Waals surface area contributed by atoms with Gasteiger partial charge in [-0.05, 0) is 36.2 Å². The molecule has 128 valence electrons. The van der Waals surface area contributed by atoms with Crippen LogP contribution in [0.15, 0.2) is 48.9 Å². The van der Waals surface area contributed by atoms with Crippen LogP contribution in [0.3, 0.4) is 0 Å². The van der Waals surface area contributed by atoms with Gasteiger partial charge in [-0.2, -0.15) is 5.26 Å². The molecule has 1 aromatic carbocycles. The topological polar surface area (TPSA) is 101 Å². The Hall–Kier alpha value is -3.53. The Morgan fingerprint density at radius 1 is 1.35 bits per heavy atom. The average molecular weight is 346 g/mol. The first-order valence-electron chi connectivity index (χ1n) is 8.08. The summed E-state index contributed by atoms with van der Waals surface area (Å²) in [6, 6.07) is 9.22. The molecule has 0 radical (unpaired) electrons. The zero-order valence-electron chi connectivity index (χ0n) is 13.8. The predicted molar refractivity (Wildman–Crippen MR) is 97.7 cm³/mol. The summed E-state index contributed by atoms with van der Waals surface area (Å²) in [7, 11) is 0. The number of nitriles is 1. The number of fused-ring (bicyclic) bond motifs is 1. The summed E-state index contributed by atoms with van der Waals surface area (Å²) >= 11 is 0. The molecule has 2 atom stereocenters. The van der Waals surface area contributed by atoms with Crippen LogP contribution >= 0.6 is 0 Å². The molecule has 7 heteroatoms. The van der Waals surface area contributed by atoms with Gasteiger partial charge in [0.1, 0.15) is 11.7 Å². The second-order valence-electron chi connectivity index (χ2n) is 6.27. The van der Waals surface area contributed by atoms with Crippen molar-refractivity contribution in [3.8, 4) is 17.2 Å². The first-order valence-corrected chi connectivity index (χ1v) is 8.08. The molecular formula is C19H15FN6. The molecular weight excluding hydrogens is 331 g/mol. The lowest BCUT2D eigenvalue weighted by Gasteiger charge is -2.10. The highest BCUT2D eigenvalue weighted by Gasteiger charge is 2.39. The van der Waals surface area contributed by atoms with Crippen LogP contribution in [-0.2, 0) is 0 Å². The summed E-state index contributed by atoms with van der Waals surface area (Å²) < 4.78 is 13.2. The molecule has 1 fully saturated rings. The predicted octanol–water partition coefficient (Wildman–Crippen LogP) is 3.43. The molecule has 1 aliphatic carbocycles. The number of nitrogen functional groups attached to an aromatic ring is 1. The summed E-state index contributed by atoms with van der Waals surface area (Å²) in [6.07, 6.45) is 2.85. The van der Waals surface area contributed by atoms with E-state index in [1.54, 1.807) is 30.6 Å². The highest BCUT2D eigenvalue weighted by Crippen LogP contribution is 2.39. The quantitative estimate of drug-likeness (QED) is 0.702. The van der Waals surface area contributed by atoms with Gasteiger partial charge in [-0.1, -0.05) is 6.58 Å². The van der Waals surface area contributed by atoms with Crippen molar-refractivity contribution in [3.63, 3.8) is 0 Å². The normalized spacial score (nSPS) is 18.3. The largest absolute Gasteiger partial charge is 0.397 e. The van der Waals surface area contributed by atoms with Gasteiger partial charge in [0.2, 0.25) is 0 Å². The number of pyridine rings is 1. The van der Waals surface area contributed by atoms with E-state index in [-0.39, 0.29) is 5.92 Å². The lowest BCUT2D eigenvalue weighted by atomic mass is 10.00. The van der Waals surface area contributed by atoms with Crippen molar-refractivity contribution in [1.29, 1.82) is 5.26 Å². The van der Waals surface area contributed by atoms with Crippen molar-refractivity contribution < 1.29 is 4.39 Å². The number of aromatic nitrogens is 3. The lowest BCUT2D eigenvalue weighted by Crippen LogP contribution is -2.04. The van der Waals surface area contributed by atoms with Gasteiger partial charge in [-0.25, -0.2) is 4.39 Å². The zero-order valence-corrected chi connectivity index (χ0v) is 13.8. The van der Waals surface area contributed by atoms with Crippen LogP contribution in [0, 0.1) is 17.2 Å². The van der Waals surface area contributed by atoms with Crippen molar-refractivity contribution in [1.82, 2.24) is 15.2 Å². The van der Waals surface area contributed by atoms with Gasteiger partial charge in [0.25, 0.3) is 0 Å². The van der Waals surface area contributed by atoms with Crippen molar-refractivity contribution in [2.45, 2.75) is 12.6 Å². The van der Waals surface area contributed by atoms with Crippen molar-refractivity contribution >= 4 is 22.4 Å². The van der Waals surface area contributed by atoms with Gasteiger partial charge >= 0.3 is 0 Å². The first-order chi connectivity index (χ1) is 12.6. The third-order valence-corrected chi connectivity index (χ3v) is 4.42. The first kappa shape index (κ1) is 16.0. The Morgan fingerprint density at radius 3 is 2.88 bits per heavy atom. The minimum Gasteiger partial charge on any atom is -0.397 e. The van der Waals surface area contributed by atoms with E-state index < -0.39 is 6.17 Å². The summed E-state index contributed by atoms with van der Waals surface area (Å²) in [4.78, 5) is 4.09. The van der Waals surface area contributed by atoms with E-state index in [0.717, 1.165) is 10.9 Å².